The molecule has 2 N–H and O–H groups in total. The van der Waals surface area contributed by atoms with Gasteiger partial charge in [0.2, 0.25) is 11.8 Å². The lowest BCUT2D eigenvalue weighted by Crippen LogP contribution is -2.37. The Hall–Kier alpha value is -1.59. The molecule has 0 saturated heterocycles. The largest absolute Gasteiger partial charge is 0.388 e. The molecule has 2 atom stereocenters. The molecular weight excluding hydrogens is 292 g/mol. The fraction of sp³-hybridized carbons (Fsp3) is 0.467. The van der Waals surface area contributed by atoms with Crippen molar-refractivity contribution >= 4 is 23.4 Å². The third kappa shape index (κ3) is 5.36. The van der Waals surface area contributed by atoms with Gasteiger partial charge < -0.3 is 15.3 Å². The molecule has 0 fully saturated rings. The van der Waals surface area contributed by atoms with Crippen LogP contribution in [-0.4, -0.2) is 42.5 Å². The van der Waals surface area contributed by atoms with Gasteiger partial charge in [-0.05, 0) is 17.7 Å². The summed E-state index contributed by atoms with van der Waals surface area (Å²) < 4.78 is 0. The van der Waals surface area contributed by atoms with Crippen molar-refractivity contribution in [2.75, 3.05) is 20.6 Å². The standard InChI is InChI=1S/C15H21ClN2O3/c1-10(15(21)17-2)9-18(3)14(20)8-13(19)11-4-6-12(16)7-5-11/h4-7,10,13,19H,8-9H2,1-3H3,(H,17,21). The predicted molar refractivity (Wildman–Crippen MR) is 81.9 cm³/mol. The topological polar surface area (TPSA) is 69.6 Å². The maximum atomic E-state index is 12.0. The summed E-state index contributed by atoms with van der Waals surface area (Å²) >= 11 is 5.78. The minimum atomic E-state index is -0.882. The lowest BCUT2D eigenvalue weighted by atomic mass is 10.1. The van der Waals surface area contributed by atoms with Crippen LogP contribution in [0.15, 0.2) is 24.3 Å². The van der Waals surface area contributed by atoms with Crippen LogP contribution in [0.4, 0.5) is 0 Å². The third-order valence-corrected chi connectivity index (χ3v) is 3.54. The number of carbonyl (C=O) groups is 2. The molecule has 2 unspecified atom stereocenters. The fourth-order valence-electron chi connectivity index (χ4n) is 1.97. The number of nitrogens with zero attached hydrogens (tertiary/aromatic N) is 1. The highest BCUT2D eigenvalue weighted by molar-refractivity contribution is 6.30. The molecule has 0 aliphatic rings. The monoisotopic (exact) mass is 312 g/mol. The second-order valence-corrected chi connectivity index (χ2v) is 5.50. The van der Waals surface area contributed by atoms with E-state index in [9.17, 15) is 14.7 Å². The number of halogens is 1. The molecule has 0 aliphatic carbocycles. The van der Waals surface area contributed by atoms with Crippen molar-refractivity contribution in [2.24, 2.45) is 5.92 Å². The Labute approximate surface area is 129 Å². The van der Waals surface area contributed by atoms with Crippen molar-refractivity contribution < 1.29 is 14.7 Å². The molecule has 0 aromatic heterocycles. The van der Waals surface area contributed by atoms with Crippen LogP contribution in [0.1, 0.15) is 25.0 Å². The van der Waals surface area contributed by atoms with Crippen molar-refractivity contribution in [3.05, 3.63) is 34.9 Å². The van der Waals surface area contributed by atoms with Gasteiger partial charge in [0, 0.05) is 25.7 Å². The summed E-state index contributed by atoms with van der Waals surface area (Å²) in [5, 5.41) is 13.2. The van der Waals surface area contributed by atoms with Crippen molar-refractivity contribution in [1.82, 2.24) is 10.2 Å². The van der Waals surface area contributed by atoms with E-state index in [0.717, 1.165) is 0 Å². The van der Waals surface area contributed by atoms with Crippen LogP contribution in [-0.2, 0) is 9.59 Å². The normalized spacial score (nSPS) is 13.4. The van der Waals surface area contributed by atoms with E-state index in [2.05, 4.69) is 5.32 Å². The molecule has 2 amide bonds. The molecule has 116 valence electrons. The zero-order chi connectivity index (χ0) is 16.0. The van der Waals surface area contributed by atoms with Crippen LogP contribution in [0, 0.1) is 5.92 Å². The molecule has 0 aliphatic heterocycles. The molecule has 21 heavy (non-hydrogen) atoms. The van der Waals surface area contributed by atoms with E-state index in [0.29, 0.717) is 17.1 Å². The fourth-order valence-corrected chi connectivity index (χ4v) is 2.09. The van der Waals surface area contributed by atoms with Gasteiger partial charge in [-0.1, -0.05) is 30.7 Å². The molecule has 1 aromatic rings. The van der Waals surface area contributed by atoms with Gasteiger partial charge >= 0.3 is 0 Å². The van der Waals surface area contributed by atoms with Crippen LogP contribution < -0.4 is 5.32 Å². The Morgan fingerprint density at radius 2 is 1.90 bits per heavy atom. The van der Waals surface area contributed by atoms with Crippen LogP contribution in [0.3, 0.4) is 0 Å². The summed E-state index contributed by atoms with van der Waals surface area (Å²) in [6, 6.07) is 6.71. The van der Waals surface area contributed by atoms with Gasteiger partial charge in [-0.25, -0.2) is 0 Å². The summed E-state index contributed by atoms with van der Waals surface area (Å²) in [6.07, 6.45) is -0.911. The van der Waals surface area contributed by atoms with Gasteiger partial charge in [-0.2, -0.15) is 0 Å². The second-order valence-electron chi connectivity index (χ2n) is 5.06. The molecule has 0 bridgehead atoms. The van der Waals surface area contributed by atoms with Crippen LogP contribution in [0.5, 0.6) is 0 Å². The molecule has 0 spiro atoms. The predicted octanol–water partition coefficient (Wildman–Crippen LogP) is 1.60. The summed E-state index contributed by atoms with van der Waals surface area (Å²) in [6.45, 7) is 2.06. The van der Waals surface area contributed by atoms with E-state index in [4.69, 9.17) is 11.6 Å². The molecule has 6 heteroatoms. The Bertz CT molecular complexity index is 490. The highest BCUT2D eigenvalue weighted by Gasteiger charge is 2.20. The van der Waals surface area contributed by atoms with Gasteiger partial charge in [-0.15, -0.1) is 0 Å². The van der Waals surface area contributed by atoms with Crippen molar-refractivity contribution in [3.8, 4) is 0 Å². The molecule has 0 saturated carbocycles. The molecule has 5 nitrogen and oxygen atoms in total. The number of amides is 2. The smallest absolute Gasteiger partial charge is 0.225 e. The minimum absolute atomic E-state index is 0.0292. The first kappa shape index (κ1) is 17.5. The first-order valence-electron chi connectivity index (χ1n) is 6.74. The number of nitrogens with one attached hydrogen (secondary N) is 1. The van der Waals surface area contributed by atoms with E-state index >= 15 is 0 Å². The van der Waals surface area contributed by atoms with E-state index in [1.54, 1.807) is 45.3 Å². The molecule has 1 aromatic carbocycles. The minimum Gasteiger partial charge on any atom is -0.388 e. The quantitative estimate of drug-likeness (QED) is 0.838. The number of aliphatic hydroxyl groups excluding tert-OH is 1. The molecule has 0 heterocycles. The van der Waals surface area contributed by atoms with Crippen LogP contribution in [0.2, 0.25) is 5.02 Å². The van der Waals surface area contributed by atoms with Gasteiger partial charge in [0.25, 0.3) is 0 Å². The number of hydrogen-bond donors (Lipinski definition) is 2. The second kappa shape index (κ2) is 8.00. The zero-order valence-corrected chi connectivity index (χ0v) is 13.2. The van der Waals surface area contributed by atoms with Gasteiger partial charge in [0.05, 0.1) is 18.4 Å². The maximum Gasteiger partial charge on any atom is 0.225 e. The zero-order valence-electron chi connectivity index (χ0n) is 12.5. The van der Waals surface area contributed by atoms with E-state index in [1.165, 1.54) is 4.90 Å². The average Bonchev–Trinajstić information content (AvgIpc) is 2.46. The first-order valence-corrected chi connectivity index (χ1v) is 7.12. The number of carbonyl (C=O) groups excluding carboxylic acids is 2. The van der Waals surface area contributed by atoms with E-state index in [-0.39, 0.29) is 24.2 Å². The first-order chi connectivity index (χ1) is 9.85. The number of aliphatic hydroxyl groups is 1. The van der Waals surface area contributed by atoms with Crippen LogP contribution >= 0.6 is 11.6 Å². The SMILES string of the molecule is CNC(=O)C(C)CN(C)C(=O)CC(O)c1ccc(Cl)cc1. The Balaban J connectivity index is 2.55. The summed E-state index contributed by atoms with van der Waals surface area (Å²) in [5.74, 6) is -0.627. The van der Waals surface area contributed by atoms with Crippen molar-refractivity contribution in [3.63, 3.8) is 0 Å². The maximum absolute atomic E-state index is 12.0. The van der Waals surface area contributed by atoms with Gasteiger partial charge in [0.15, 0.2) is 0 Å². The van der Waals surface area contributed by atoms with E-state index < -0.39 is 6.10 Å². The highest BCUT2D eigenvalue weighted by atomic mass is 35.5. The summed E-state index contributed by atoms with van der Waals surface area (Å²) in [4.78, 5) is 24.9. The summed E-state index contributed by atoms with van der Waals surface area (Å²) in [5.41, 5.74) is 0.639. The summed E-state index contributed by atoms with van der Waals surface area (Å²) in [7, 11) is 3.18. The van der Waals surface area contributed by atoms with Gasteiger partial charge in [0.1, 0.15) is 0 Å². The Morgan fingerprint density at radius 1 is 1.33 bits per heavy atom. The highest BCUT2D eigenvalue weighted by Crippen LogP contribution is 2.20. The lowest BCUT2D eigenvalue weighted by Gasteiger charge is -2.22. The number of hydrogen-bond acceptors (Lipinski definition) is 3. The van der Waals surface area contributed by atoms with Crippen LogP contribution in [0.25, 0.3) is 0 Å². The lowest BCUT2D eigenvalue weighted by molar-refractivity contribution is -0.133. The van der Waals surface area contributed by atoms with Crippen molar-refractivity contribution in [2.45, 2.75) is 19.4 Å². The number of benzene rings is 1. The van der Waals surface area contributed by atoms with E-state index in [1.807, 2.05) is 0 Å². The molecular formula is C15H21ClN2O3. The molecule has 1 rings (SSSR count). The third-order valence-electron chi connectivity index (χ3n) is 3.29. The Kier molecular flexibility index (Phi) is 6.65. The average molecular weight is 313 g/mol. The van der Waals surface area contributed by atoms with Gasteiger partial charge in [-0.3, -0.25) is 9.59 Å². The number of rotatable bonds is 6. The Morgan fingerprint density at radius 3 is 2.43 bits per heavy atom. The van der Waals surface area contributed by atoms with Crippen molar-refractivity contribution in [1.29, 1.82) is 0 Å². The molecule has 0 radical (unpaired) electrons.